The molecule has 3 aromatic rings. The summed E-state index contributed by atoms with van der Waals surface area (Å²) in [5, 5.41) is 11.9. The molecule has 1 aromatic heterocycles. The zero-order chi connectivity index (χ0) is 25.6. The van der Waals surface area contributed by atoms with Gasteiger partial charge in [0.15, 0.2) is 17.1 Å². The molecule has 3 N–H and O–H groups in total. The second-order valence-corrected chi connectivity index (χ2v) is 9.96. The average molecular weight is 494 g/mol. The number of carbonyl (C=O) groups excluding carboxylic acids is 2. The van der Waals surface area contributed by atoms with Crippen molar-refractivity contribution in [1.29, 1.82) is 0 Å². The van der Waals surface area contributed by atoms with Gasteiger partial charge in [0, 0.05) is 6.54 Å². The summed E-state index contributed by atoms with van der Waals surface area (Å²) in [7, 11) is 0. The highest BCUT2D eigenvalue weighted by molar-refractivity contribution is 7.99. The lowest BCUT2D eigenvalue weighted by Gasteiger charge is -2.20. The van der Waals surface area contributed by atoms with Crippen LogP contribution in [0.5, 0.6) is 5.75 Å². The van der Waals surface area contributed by atoms with Gasteiger partial charge in [0.1, 0.15) is 5.75 Å². The second kappa shape index (κ2) is 11.2. The Balaban J connectivity index is 1.68. The number of thioether (sulfide) groups is 1. The number of hydrogen-bond acceptors (Lipinski definition) is 6. The molecule has 2 aromatic carbocycles. The summed E-state index contributed by atoms with van der Waals surface area (Å²) in [5.41, 5.74) is 7.30. The van der Waals surface area contributed by atoms with Crippen LogP contribution in [0.25, 0.3) is 0 Å². The highest BCUT2D eigenvalue weighted by atomic mass is 32.2. The van der Waals surface area contributed by atoms with Gasteiger partial charge in [-0.15, -0.1) is 16.8 Å². The predicted molar refractivity (Wildman–Crippen MR) is 139 cm³/mol. The van der Waals surface area contributed by atoms with Crippen LogP contribution in [0.1, 0.15) is 55.5 Å². The molecule has 1 heterocycles. The zero-order valence-electron chi connectivity index (χ0n) is 20.4. The Morgan fingerprint density at radius 2 is 1.86 bits per heavy atom. The number of anilines is 1. The van der Waals surface area contributed by atoms with E-state index in [0.29, 0.717) is 23.2 Å². The molecular formula is C26H31N5O3S. The van der Waals surface area contributed by atoms with E-state index in [1.165, 1.54) is 17.3 Å². The standard InChI is InChI=1S/C26H31N5O3S/c1-6-15-31-24(17(2)34-19-13-11-18(12-14-19)26(3,4)5)29-30-25(31)35-16-22(32)28-21-10-8-7-9-20(21)23(27)33/h6-14,17H,1,15-16H2,2-5H3,(H2,27,33)(H,28,32). The van der Waals surface area contributed by atoms with Crippen LogP contribution in [-0.4, -0.2) is 32.3 Å². The fraction of sp³-hybridized carbons (Fsp3) is 0.308. The topological polar surface area (TPSA) is 112 Å². The Kier molecular flexibility index (Phi) is 8.34. The third kappa shape index (κ3) is 6.73. The van der Waals surface area contributed by atoms with Crippen molar-refractivity contribution in [2.45, 2.75) is 50.9 Å². The molecule has 35 heavy (non-hydrogen) atoms. The summed E-state index contributed by atoms with van der Waals surface area (Å²) in [4.78, 5) is 24.1. The zero-order valence-corrected chi connectivity index (χ0v) is 21.3. The van der Waals surface area contributed by atoms with Crippen LogP contribution in [-0.2, 0) is 16.8 Å². The molecule has 0 radical (unpaired) electrons. The summed E-state index contributed by atoms with van der Waals surface area (Å²) in [6, 6.07) is 14.6. The molecule has 1 atom stereocenters. The van der Waals surface area contributed by atoms with Crippen molar-refractivity contribution in [2.75, 3.05) is 11.1 Å². The summed E-state index contributed by atoms with van der Waals surface area (Å²) in [6.07, 6.45) is 1.37. The molecule has 184 valence electrons. The lowest BCUT2D eigenvalue weighted by atomic mass is 9.87. The number of carbonyl (C=O) groups is 2. The van der Waals surface area contributed by atoms with Gasteiger partial charge in [-0.3, -0.25) is 14.2 Å². The number of rotatable bonds is 10. The van der Waals surface area contributed by atoms with Crippen molar-refractivity contribution >= 4 is 29.3 Å². The molecule has 2 amide bonds. The fourth-order valence-corrected chi connectivity index (χ4v) is 4.18. The first-order valence-corrected chi connectivity index (χ1v) is 12.2. The van der Waals surface area contributed by atoms with E-state index in [2.05, 4.69) is 55.0 Å². The van der Waals surface area contributed by atoms with Gasteiger partial charge in [-0.05, 0) is 42.2 Å². The fourth-order valence-electron chi connectivity index (χ4n) is 3.42. The minimum Gasteiger partial charge on any atom is -0.483 e. The molecule has 0 fully saturated rings. The number of allylic oxidation sites excluding steroid dienone is 1. The quantitative estimate of drug-likeness (QED) is 0.312. The van der Waals surface area contributed by atoms with Crippen LogP contribution in [0, 0.1) is 0 Å². The summed E-state index contributed by atoms with van der Waals surface area (Å²) < 4.78 is 7.99. The Morgan fingerprint density at radius 3 is 2.49 bits per heavy atom. The summed E-state index contributed by atoms with van der Waals surface area (Å²) in [5.74, 6) is 0.547. The van der Waals surface area contributed by atoms with Crippen LogP contribution in [0.15, 0.2) is 66.3 Å². The van der Waals surface area contributed by atoms with Crippen molar-refractivity contribution in [1.82, 2.24) is 14.8 Å². The van der Waals surface area contributed by atoms with Crippen molar-refractivity contribution in [3.05, 3.63) is 78.1 Å². The van der Waals surface area contributed by atoms with Crippen molar-refractivity contribution in [3.8, 4) is 5.75 Å². The first-order valence-electron chi connectivity index (χ1n) is 11.2. The van der Waals surface area contributed by atoms with Gasteiger partial charge in [-0.2, -0.15) is 0 Å². The highest BCUT2D eigenvalue weighted by Gasteiger charge is 2.21. The van der Waals surface area contributed by atoms with Crippen LogP contribution < -0.4 is 15.8 Å². The number of amides is 2. The third-order valence-corrected chi connectivity index (χ3v) is 6.22. The summed E-state index contributed by atoms with van der Waals surface area (Å²) in [6.45, 7) is 12.7. The first kappa shape index (κ1) is 26.0. The maximum Gasteiger partial charge on any atom is 0.250 e. The van der Waals surface area contributed by atoms with Crippen molar-refractivity contribution < 1.29 is 14.3 Å². The monoisotopic (exact) mass is 493 g/mol. The van der Waals surface area contributed by atoms with E-state index in [1.807, 2.05) is 23.6 Å². The highest BCUT2D eigenvalue weighted by Crippen LogP contribution is 2.28. The minimum absolute atomic E-state index is 0.0641. The van der Waals surface area contributed by atoms with Crippen LogP contribution >= 0.6 is 11.8 Å². The third-order valence-electron chi connectivity index (χ3n) is 5.25. The summed E-state index contributed by atoms with van der Waals surface area (Å²) >= 11 is 1.24. The lowest BCUT2D eigenvalue weighted by molar-refractivity contribution is -0.113. The maximum atomic E-state index is 12.5. The Morgan fingerprint density at radius 1 is 1.17 bits per heavy atom. The Hall–Kier alpha value is -3.59. The molecular weight excluding hydrogens is 462 g/mol. The number of nitrogens with zero attached hydrogens (tertiary/aromatic N) is 3. The van der Waals surface area contributed by atoms with E-state index in [9.17, 15) is 9.59 Å². The molecule has 9 heteroatoms. The smallest absolute Gasteiger partial charge is 0.250 e. The number of benzene rings is 2. The van der Waals surface area contributed by atoms with Crippen molar-refractivity contribution in [3.63, 3.8) is 0 Å². The molecule has 0 saturated carbocycles. The molecule has 0 aliphatic heterocycles. The lowest BCUT2D eigenvalue weighted by Crippen LogP contribution is -2.19. The van der Waals surface area contributed by atoms with Crippen LogP contribution in [0.2, 0.25) is 0 Å². The van der Waals surface area contributed by atoms with E-state index in [0.717, 1.165) is 5.75 Å². The minimum atomic E-state index is -0.606. The number of hydrogen-bond donors (Lipinski definition) is 2. The van der Waals surface area contributed by atoms with Gasteiger partial charge in [0.05, 0.1) is 17.0 Å². The van der Waals surface area contributed by atoms with Gasteiger partial charge in [0.25, 0.3) is 5.91 Å². The predicted octanol–water partition coefficient (Wildman–Crippen LogP) is 4.73. The molecule has 0 aliphatic carbocycles. The SMILES string of the molecule is C=CCn1c(SCC(=O)Nc2ccccc2C(N)=O)nnc1C(C)Oc1ccc(C(C)(C)C)cc1. The number of para-hydroxylation sites is 1. The second-order valence-electron chi connectivity index (χ2n) is 9.02. The van der Waals surface area contributed by atoms with Gasteiger partial charge >= 0.3 is 0 Å². The number of aromatic nitrogens is 3. The van der Waals surface area contributed by atoms with Gasteiger partial charge in [-0.25, -0.2) is 0 Å². The average Bonchev–Trinajstić information content (AvgIpc) is 3.20. The molecule has 0 aliphatic rings. The molecule has 8 nitrogen and oxygen atoms in total. The number of nitrogens with one attached hydrogen (secondary N) is 1. The number of nitrogens with two attached hydrogens (primary N) is 1. The number of ether oxygens (including phenoxy) is 1. The largest absolute Gasteiger partial charge is 0.483 e. The van der Waals surface area contributed by atoms with E-state index >= 15 is 0 Å². The molecule has 0 saturated heterocycles. The van der Waals surface area contributed by atoms with Gasteiger partial charge < -0.3 is 15.8 Å². The first-order chi connectivity index (χ1) is 16.6. The van der Waals surface area contributed by atoms with E-state index in [4.69, 9.17) is 10.5 Å². The van der Waals surface area contributed by atoms with E-state index in [1.54, 1.807) is 30.3 Å². The Bertz CT molecular complexity index is 1200. The van der Waals surface area contributed by atoms with Gasteiger partial charge in [-0.1, -0.05) is 62.9 Å². The molecule has 0 spiro atoms. The van der Waals surface area contributed by atoms with Crippen LogP contribution in [0.3, 0.4) is 0 Å². The maximum absolute atomic E-state index is 12.5. The van der Waals surface area contributed by atoms with Crippen molar-refractivity contribution in [2.24, 2.45) is 5.73 Å². The van der Waals surface area contributed by atoms with Gasteiger partial charge in [0.2, 0.25) is 5.91 Å². The van der Waals surface area contributed by atoms with E-state index < -0.39 is 5.91 Å². The molecule has 1 unspecified atom stereocenters. The Labute approximate surface area is 210 Å². The molecule has 0 bridgehead atoms. The molecule has 3 rings (SSSR count). The van der Waals surface area contributed by atoms with Crippen LogP contribution in [0.4, 0.5) is 5.69 Å². The normalized spacial score (nSPS) is 12.1. The van der Waals surface area contributed by atoms with E-state index in [-0.39, 0.29) is 28.7 Å². The number of primary amides is 1.